The van der Waals surface area contributed by atoms with E-state index < -0.39 is 10.1 Å². The molecule has 1 aromatic carbocycles. The van der Waals surface area contributed by atoms with Gasteiger partial charge in [-0.3, -0.25) is 4.55 Å². The molecule has 0 spiro atoms. The quantitative estimate of drug-likeness (QED) is 0.169. The molecule has 0 aliphatic rings. The zero-order valence-electron chi connectivity index (χ0n) is 20.3. The molecule has 180 valence electrons. The molecule has 0 heterocycles. The first-order chi connectivity index (χ1) is 14.9. The summed E-state index contributed by atoms with van der Waals surface area (Å²) >= 11 is 0. The normalized spacial score (nSPS) is 11.7. The predicted molar refractivity (Wildman–Crippen MR) is 131 cm³/mol. The van der Waals surface area contributed by atoms with Gasteiger partial charge in [0.2, 0.25) is 0 Å². The average molecular weight is 455 g/mol. The van der Waals surface area contributed by atoms with Crippen LogP contribution in [0, 0.1) is 13.8 Å². The molecular weight excluding hydrogens is 408 g/mol. The van der Waals surface area contributed by atoms with Crippen molar-refractivity contribution in [1.29, 1.82) is 0 Å². The predicted octanol–water partition coefficient (Wildman–Crippen LogP) is 8.19. The van der Waals surface area contributed by atoms with Crippen LogP contribution >= 0.6 is 0 Å². The molecule has 0 saturated heterocycles. The van der Waals surface area contributed by atoms with E-state index in [0.717, 1.165) is 23.3 Å². The maximum atomic E-state index is 11.3. The molecule has 1 aromatic rings. The van der Waals surface area contributed by atoms with Crippen molar-refractivity contribution in [3.63, 3.8) is 0 Å². The van der Waals surface area contributed by atoms with Crippen LogP contribution in [0.1, 0.15) is 121 Å². The van der Waals surface area contributed by atoms with Gasteiger partial charge in [0, 0.05) is 0 Å². The topological polar surface area (TPSA) is 63.6 Å². The van der Waals surface area contributed by atoms with E-state index in [1.165, 1.54) is 108 Å². The fourth-order valence-corrected chi connectivity index (χ4v) is 4.76. The van der Waals surface area contributed by atoms with Gasteiger partial charge in [-0.2, -0.15) is 8.42 Å². The number of hydrogen-bond acceptors (Lipinski definition) is 3. The lowest BCUT2D eigenvalue weighted by atomic mass is 10.0. The van der Waals surface area contributed by atoms with E-state index >= 15 is 0 Å². The first kappa shape index (κ1) is 28.0. The number of rotatable bonds is 19. The summed E-state index contributed by atoms with van der Waals surface area (Å²) < 4.78 is 37.6. The van der Waals surface area contributed by atoms with E-state index in [1.54, 1.807) is 0 Å². The van der Waals surface area contributed by atoms with Gasteiger partial charge in [0.1, 0.15) is 5.75 Å². The van der Waals surface area contributed by atoms with Crippen LogP contribution in [0.4, 0.5) is 0 Å². The monoisotopic (exact) mass is 454 g/mol. The van der Waals surface area contributed by atoms with E-state index in [2.05, 4.69) is 6.92 Å². The third-order valence-corrected chi connectivity index (χ3v) is 6.81. The third kappa shape index (κ3) is 13.2. The molecule has 31 heavy (non-hydrogen) atoms. The van der Waals surface area contributed by atoms with Gasteiger partial charge in [-0.05, 0) is 43.5 Å². The largest absolute Gasteiger partial charge is 0.493 e. The fourth-order valence-electron chi connectivity index (χ4n) is 4.11. The summed E-state index contributed by atoms with van der Waals surface area (Å²) in [4.78, 5) is -0.0720. The van der Waals surface area contributed by atoms with Crippen molar-refractivity contribution < 1.29 is 17.7 Å². The zero-order valence-corrected chi connectivity index (χ0v) is 21.1. The molecule has 0 atom stereocenters. The maximum absolute atomic E-state index is 11.3. The van der Waals surface area contributed by atoms with Crippen molar-refractivity contribution in [3.05, 3.63) is 23.3 Å². The third-order valence-electron chi connectivity index (χ3n) is 5.98. The molecule has 0 radical (unpaired) electrons. The second kappa shape index (κ2) is 16.5. The minimum Gasteiger partial charge on any atom is -0.493 e. The Balaban J connectivity index is 1.97. The molecular formula is C26H46O4S. The first-order valence-electron chi connectivity index (χ1n) is 12.6. The Morgan fingerprint density at radius 1 is 0.677 bits per heavy atom. The van der Waals surface area contributed by atoms with Crippen molar-refractivity contribution in [1.82, 2.24) is 0 Å². The van der Waals surface area contributed by atoms with Crippen molar-refractivity contribution in [2.24, 2.45) is 0 Å². The highest BCUT2D eigenvalue weighted by Crippen LogP contribution is 2.27. The molecule has 0 amide bonds. The highest BCUT2D eigenvalue weighted by Gasteiger charge is 2.14. The van der Waals surface area contributed by atoms with Gasteiger partial charge in [0.15, 0.2) is 0 Å². The molecule has 0 fully saturated rings. The maximum Gasteiger partial charge on any atom is 0.294 e. The van der Waals surface area contributed by atoms with Gasteiger partial charge in [-0.25, -0.2) is 0 Å². The lowest BCUT2D eigenvalue weighted by molar-refractivity contribution is 0.300. The summed E-state index contributed by atoms with van der Waals surface area (Å²) in [6.07, 6.45) is 21.5. The molecule has 0 aliphatic carbocycles. The number of ether oxygens (including phenoxy) is 1. The average Bonchev–Trinajstić information content (AvgIpc) is 2.71. The first-order valence-corrected chi connectivity index (χ1v) is 14.0. The van der Waals surface area contributed by atoms with Crippen LogP contribution < -0.4 is 4.74 Å². The summed E-state index contributed by atoms with van der Waals surface area (Å²) in [6, 6.07) is 2.93. The lowest BCUT2D eigenvalue weighted by Gasteiger charge is -2.13. The highest BCUT2D eigenvalue weighted by atomic mass is 32.2. The van der Waals surface area contributed by atoms with Crippen molar-refractivity contribution >= 4 is 10.1 Å². The molecule has 1 N–H and O–H groups in total. The van der Waals surface area contributed by atoms with Gasteiger partial charge in [-0.15, -0.1) is 0 Å². The molecule has 4 nitrogen and oxygen atoms in total. The Labute approximate surface area is 191 Å². The summed E-state index contributed by atoms with van der Waals surface area (Å²) in [5.74, 6) is 0.730. The Hall–Kier alpha value is -1.07. The van der Waals surface area contributed by atoms with Gasteiger partial charge in [-0.1, -0.05) is 103 Å². The van der Waals surface area contributed by atoms with E-state index in [4.69, 9.17) is 4.74 Å². The summed E-state index contributed by atoms with van der Waals surface area (Å²) in [5.41, 5.74) is 1.48. The van der Waals surface area contributed by atoms with Crippen molar-refractivity contribution in [2.45, 2.75) is 128 Å². The van der Waals surface area contributed by atoms with E-state index in [-0.39, 0.29) is 4.90 Å². The number of benzene rings is 1. The molecule has 0 unspecified atom stereocenters. The molecule has 1 rings (SSSR count). The second-order valence-electron chi connectivity index (χ2n) is 9.01. The minimum absolute atomic E-state index is 0.0720. The van der Waals surface area contributed by atoms with Crippen LogP contribution in [0.15, 0.2) is 17.0 Å². The van der Waals surface area contributed by atoms with Crippen LogP contribution in [0.5, 0.6) is 5.75 Å². The lowest BCUT2D eigenvalue weighted by Crippen LogP contribution is -2.04. The number of hydrogen-bond donors (Lipinski definition) is 1. The Bertz CT molecular complexity index is 674. The van der Waals surface area contributed by atoms with Crippen LogP contribution in [0.2, 0.25) is 0 Å². The Kier molecular flexibility index (Phi) is 14.9. The highest BCUT2D eigenvalue weighted by molar-refractivity contribution is 7.85. The number of unbranched alkanes of at least 4 members (excludes halogenated alkanes) is 15. The molecule has 5 heteroatoms. The fraction of sp³-hybridized carbons (Fsp3) is 0.769. The van der Waals surface area contributed by atoms with Crippen LogP contribution in [-0.4, -0.2) is 19.6 Å². The summed E-state index contributed by atoms with van der Waals surface area (Å²) in [6.45, 7) is 6.54. The SMILES string of the molecule is CCCCCCCCCCCCCCCCCCOc1c(C)cc(S(=O)(=O)O)cc1C. The van der Waals surface area contributed by atoms with Gasteiger partial charge < -0.3 is 4.74 Å². The molecule has 0 bridgehead atoms. The van der Waals surface area contributed by atoms with E-state index in [0.29, 0.717) is 6.61 Å². The van der Waals surface area contributed by atoms with Crippen molar-refractivity contribution in [2.75, 3.05) is 6.61 Å². The zero-order chi connectivity index (χ0) is 23.0. The Morgan fingerprint density at radius 3 is 1.39 bits per heavy atom. The van der Waals surface area contributed by atoms with Gasteiger partial charge in [0.05, 0.1) is 11.5 Å². The standard InChI is InChI=1S/C26H46O4S/c1-4-5-6-7-8-9-10-11-12-13-14-15-16-17-18-19-20-30-26-23(2)21-25(22-24(26)3)31(27,28)29/h21-22H,4-20H2,1-3H3,(H,27,28,29). The molecule has 0 aromatic heterocycles. The summed E-state index contributed by atoms with van der Waals surface area (Å²) in [5, 5.41) is 0. The van der Waals surface area contributed by atoms with Crippen LogP contribution in [0.25, 0.3) is 0 Å². The van der Waals surface area contributed by atoms with Gasteiger partial charge >= 0.3 is 0 Å². The van der Waals surface area contributed by atoms with E-state index in [9.17, 15) is 13.0 Å². The Morgan fingerprint density at radius 2 is 1.03 bits per heavy atom. The van der Waals surface area contributed by atoms with Crippen molar-refractivity contribution in [3.8, 4) is 5.75 Å². The smallest absolute Gasteiger partial charge is 0.294 e. The second-order valence-corrected chi connectivity index (χ2v) is 10.4. The van der Waals surface area contributed by atoms with Crippen LogP contribution in [0.3, 0.4) is 0 Å². The molecule has 0 aliphatic heterocycles. The minimum atomic E-state index is -4.17. The van der Waals surface area contributed by atoms with E-state index in [1.807, 2.05) is 13.8 Å². The van der Waals surface area contributed by atoms with Crippen LogP contribution in [-0.2, 0) is 10.1 Å². The molecule has 0 saturated carbocycles. The summed E-state index contributed by atoms with van der Waals surface area (Å²) in [7, 11) is -4.17. The number of aryl methyl sites for hydroxylation is 2. The van der Waals surface area contributed by atoms with Gasteiger partial charge in [0.25, 0.3) is 10.1 Å².